The standard InChI is InChI=1S/C14H23N5O/c1-10-9-19(6-5-15-10)12-8-16-11(7-17-12)13(20)18-14(2,3)4/h7-8,10,15H,5-6,9H2,1-4H3,(H,18,20)/t10-/m1/s1. The van der Waals surface area contributed by atoms with Crippen molar-refractivity contribution >= 4 is 11.7 Å². The van der Waals surface area contributed by atoms with Crippen molar-refractivity contribution in [1.29, 1.82) is 0 Å². The van der Waals surface area contributed by atoms with Gasteiger partial charge in [0.1, 0.15) is 11.5 Å². The summed E-state index contributed by atoms with van der Waals surface area (Å²) >= 11 is 0. The molecule has 20 heavy (non-hydrogen) atoms. The van der Waals surface area contributed by atoms with E-state index < -0.39 is 0 Å². The Kier molecular flexibility index (Phi) is 4.23. The summed E-state index contributed by atoms with van der Waals surface area (Å²) < 4.78 is 0. The van der Waals surface area contributed by atoms with E-state index in [9.17, 15) is 4.79 Å². The normalized spacial score (nSPS) is 19.8. The number of hydrogen-bond donors (Lipinski definition) is 2. The van der Waals surface area contributed by atoms with Gasteiger partial charge in [-0.25, -0.2) is 9.97 Å². The van der Waals surface area contributed by atoms with Gasteiger partial charge in [0.25, 0.3) is 5.91 Å². The minimum atomic E-state index is -0.272. The second-order valence-electron chi connectivity index (χ2n) is 6.27. The highest BCUT2D eigenvalue weighted by atomic mass is 16.2. The van der Waals surface area contributed by atoms with E-state index in [1.54, 1.807) is 12.4 Å². The van der Waals surface area contributed by atoms with E-state index in [1.165, 1.54) is 0 Å². The monoisotopic (exact) mass is 277 g/mol. The number of aromatic nitrogens is 2. The Morgan fingerprint density at radius 1 is 1.40 bits per heavy atom. The molecule has 2 heterocycles. The average Bonchev–Trinajstić information content (AvgIpc) is 2.37. The summed E-state index contributed by atoms with van der Waals surface area (Å²) in [5, 5.41) is 6.26. The Bertz CT molecular complexity index is 465. The Hall–Kier alpha value is -1.69. The molecule has 1 aliphatic rings. The number of anilines is 1. The molecule has 0 spiro atoms. The molecule has 0 radical (unpaired) electrons. The van der Waals surface area contributed by atoms with Gasteiger partial charge in [-0.3, -0.25) is 4.79 Å². The molecule has 6 nitrogen and oxygen atoms in total. The van der Waals surface area contributed by atoms with Crippen molar-refractivity contribution < 1.29 is 4.79 Å². The summed E-state index contributed by atoms with van der Waals surface area (Å²) in [5.74, 6) is 0.635. The van der Waals surface area contributed by atoms with E-state index in [-0.39, 0.29) is 11.4 Å². The van der Waals surface area contributed by atoms with Crippen LogP contribution in [0, 0.1) is 0 Å². The maximum absolute atomic E-state index is 12.0. The van der Waals surface area contributed by atoms with Gasteiger partial charge < -0.3 is 15.5 Å². The van der Waals surface area contributed by atoms with Gasteiger partial charge in [0.15, 0.2) is 0 Å². The van der Waals surface area contributed by atoms with E-state index in [1.807, 2.05) is 20.8 Å². The van der Waals surface area contributed by atoms with Crippen LogP contribution >= 0.6 is 0 Å². The van der Waals surface area contributed by atoms with Crippen molar-refractivity contribution in [1.82, 2.24) is 20.6 Å². The summed E-state index contributed by atoms with van der Waals surface area (Å²) in [6.07, 6.45) is 3.22. The first kappa shape index (κ1) is 14.7. The van der Waals surface area contributed by atoms with Gasteiger partial charge in [-0.15, -0.1) is 0 Å². The first-order chi connectivity index (χ1) is 9.35. The zero-order chi connectivity index (χ0) is 14.8. The summed E-state index contributed by atoms with van der Waals surface area (Å²) in [6, 6.07) is 0.439. The molecule has 1 saturated heterocycles. The summed E-state index contributed by atoms with van der Waals surface area (Å²) in [6.45, 7) is 10.7. The molecule has 0 aromatic carbocycles. The van der Waals surface area contributed by atoms with Gasteiger partial charge >= 0.3 is 0 Å². The fourth-order valence-corrected chi connectivity index (χ4v) is 2.15. The van der Waals surface area contributed by atoms with Crippen molar-refractivity contribution in [3.05, 3.63) is 18.1 Å². The number of rotatable bonds is 2. The molecule has 0 bridgehead atoms. The van der Waals surface area contributed by atoms with Crippen LogP contribution in [-0.2, 0) is 0 Å². The zero-order valence-corrected chi connectivity index (χ0v) is 12.6. The van der Waals surface area contributed by atoms with Gasteiger partial charge in [-0.1, -0.05) is 0 Å². The van der Waals surface area contributed by atoms with Crippen LogP contribution in [0.3, 0.4) is 0 Å². The second-order valence-corrected chi connectivity index (χ2v) is 6.27. The Balaban J connectivity index is 2.04. The van der Waals surface area contributed by atoms with Crippen LogP contribution in [0.5, 0.6) is 0 Å². The van der Waals surface area contributed by atoms with Crippen molar-refractivity contribution in [2.75, 3.05) is 24.5 Å². The van der Waals surface area contributed by atoms with Gasteiger partial charge in [-0.05, 0) is 27.7 Å². The number of nitrogens with one attached hydrogen (secondary N) is 2. The highest BCUT2D eigenvalue weighted by molar-refractivity contribution is 5.92. The van der Waals surface area contributed by atoms with Gasteiger partial charge in [0.2, 0.25) is 0 Å². The lowest BCUT2D eigenvalue weighted by Crippen LogP contribution is -2.49. The maximum atomic E-state index is 12.0. The average molecular weight is 277 g/mol. The molecular weight excluding hydrogens is 254 g/mol. The van der Waals surface area contributed by atoms with E-state index >= 15 is 0 Å². The Morgan fingerprint density at radius 2 is 2.15 bits per heavy atom. The zero-order valence-electron chi connectivity index (χ0n) is 12.6. The molecule has 1 amide bonds. The quantitative estimate of drug-likeness (QED) is 0.837. The summed E-state index contributed by atoms with van der Waals surface area (Å²) in [4.78, 5) is 22.7. The number of carbonyl (C=O) groups excluding carboxylic acids is 1. The molecule has 0 aliphatic carbocycles. The predicted molar refractivity (Wildman–Crippen MR) is 78.9 cm³/mol. The fourth-order valence-electron chi connectivity index (χ4n) is 2.15. The van der Waals surface area contributed by atoms with Crippen LogP contribution in [0.4, 0.5) is 5.82 Å². The first-order valence-electron chi connectivity index (χ1n) is 6.98. The molecule has 1 aromatic rings. The van der Waals surface area contributed by atoms with E-state index in [0.29, 0.717) is 11.7 Å². The second kappa shape index (κ2) is 5.75. The van der Waals surface area contributed by atoms with Crippen LogP contribution in [0.25, 0.3) is 0 Å². The molecule has 1 fully saturated rings. The van der Waals surface area contributed by atoms with Gasteiger partial charge in [0, 0.05) is 31.2 Å². The molecule has 6 heteroatoms. The SMILES string of the molecule is C[C@@H]1CN(c2cnc(C(=O)NC(C)(C)C)cn2)CCN1. The van der Waals surface area contributed by atoms with E-state index in [4.69, 9.17) is 0 Å². The smallest absolute Gasteiger partial charge is 0.271 e. The van der Waals surface area contributed by atoms with Crippen LogP contribution in [0.2, 0.25) is 0 Å². The molecule has 110 valence electrons. The molecule has 2 rings (SSSR count). The number of amides is 1. The summed E-state index contributed by atoms with van der Waals surface area (Å²) in [7, 11) is 0. The number of carbonyl (C=O) groups is 1. The van der Waals surface area contributed by atoms with Gasteiger partial charge in [0.05, 0.1) is 12.4 Å². The molecule has 0 saturated carbocycles. The lowest BCUT2D eigenvalue weighted by molar-refractivity contribution is 0.0914. The van der Waals surface area contributed by atoms with Gasteiger partial charge in [-0.2, -0.15) is 0 Å². The number of nitrogens with zero attached hydrogens (tertiary/aromatic N) is 3. The first-order valence-corrected chi connectivity index (χ1v) is 6.98. The fraction of sp³-hybridized carbons (Fsp3) is 0.643. The van der Waals surface area contributed by atoms with E-state index in [0.717, 1.165) is 25.5 Å². The third kappa shape index (κ3) is 3.90. The van der Waals surface area contributed by atoms with E-state index in [2.05, 4.69) is 32.4 Å². The molecule has 1 aliphatic heterocycles. The van der Waals surface area contributed by atoms with Crippen LogP contribution in [0.15, 0.2) is 12.4 Å². The lowest BCUT2D eigenvalue weighted by atomic mass is 10.1. The summed E-state index contributed by atoms with van der Waals surface area (Å²) in [5.41, 5.74) is 0.0812. The Labute approximate surface area is 120 Å². The third-order valence-electron chi connectivity index (χ3n) is 3.05. The number of piperazine rings is 1. The molecule has 1 aromatic heterocycles. The van der Waals surface area contributed by atoms with Crippen molar-refractivity contribution in [3.8, 4) is 0 Å². The molecule has 0 unspecified atom stereocenters. The molecular formula is C14H23N5O. The van der Waals surface area contributed by atoms with Crippen molar-refractivity contribution in [3.63, 3.8) is 0 Å². The molecule has 2 N–H and O–H groups in total. The third-order valence-corrected chi connectivity index (χ3v) is 3.05. The largest absolute Gasteiger partial charge is 0.353 e. The predicted octanol–water partition coefficient (Wildman–Crippen LogP) is 0.803. The minimum absolute atomic E-state index is 0.190. The Morgan fingerprint density at radius 3 is 2.70 bits per heavy atom. The highest BCUT2D eigenvalue weighted by Gasteiger charge is 2.19. The maximum Gasteiger partial charge on any atom is 0.271 e. The van der Waals surface area contributed by atoms with Crippen LogP contribution in [0.1, 0.15) is 38.2 Å². The minimum Gasteiger partial charge on any atom is -0.353 e. The number of hydrogen-bond acceptors (Lipinski definition) is 5. The highest BCUT2D eigenvalue weighted by Crippen LogP contribution is 2.12. The van der Waals surface area contributed by atoms with Crippen molar-refractivity contribution in [2.24, 2.45) is 0 Å². The lowest BCUT2D eigenvalue weighted by Gasteiger charge is -2.32. The van der Waals surface area contributed by atoms with Crippen LogP contribution < -0.4 is 15.5 Å². The topological polar surface area (TPSA) is 70.2 Å². The van der Waals surface area contributed by atoms with Crippen molar-refractivity contribution in [2.45, 2.75) is 39.3 Å². The van der Waals surface area contributed by atoms with Crippen LogP contribution in [-0.4, -0.2) is 47.1 Å². The molecule has 1 atom stereocenters.